The minimum Gasteiger partial charge on any atom is -0.533 e. The van der Waals surface area contributed by atoms with E-state index in [2.05, 4.69) is 86.9 Å². The van der Waals surface area contributed by atoms with E-state index in [-0.39, 0.29) is 0 Å². The Morgan fingerprint density at radius 1 is 0.652 bits per heavy atom. The largest absolute Gasteiger partial charge is 0.533 e. The molecular formula is C19H16Br2OSi. The van der Waals surface area contributed by atoms with Crippen LogP contribution < -0.4 is 14.8 Å². The van der Waals surface area contributed by atoms with E-state index in [4.69, 9.17) is 4.43 Å². The van der Waals surface area contributed by atoms with E-state index in [0.717, 1.165) is 14.7 Å². The number of benzene rings is 3. The van der Waals surface area contributed by atoms with Gasteiger partial charge in [-0.2, -0.15) is 0 Å². The van der Waals surface area contributed by atoms with Crippen molar-refractivity contribution in [1.29, 1.82) is 0 Å². The third kappa shape index (κ3) is 3.44. The lowest BCUT2D eigenvalue weighted by atomic mass is 10.3. The van der Waals surface area contributed by atoms with E-state index in [1.165, 1.54) is 10.4 Å². The van der Waals surface area contributed by atoms with Gasteiger partial charge < -0.3 is 4.43 Å². The molecule has 116 valence electrons. The lowest BCUT2D eigenvalue weighted by Crippen LogP contribution is -2.60. The molecule has 0 aromatic heterocycles. The Labute approximate surface area is 154 Å². The second-order valence-electron chi connectivity index (χ2n) is 5.42. The van der Waals surface area contributed by atoms with Gasteiger partial charge in [-0.3, -0.25) is 0 Å². The molecule has 0 unspecified atom stereocenters. The number of halogens is 2. The molecule has 0 aliphatic carbocycles. The van der Waals surface area contributed by atoms with Gasteiger partial charge in [0.2, 0.25) is 0 Å². The molecule has 0 atom stereocenters. The number of hydrogen-bond acceptors (Lipinski definition) is 1. The molecule has 0 saturated carbocycles. The summed E-state index contributed by atoms with van der Waals surface area (Å²) in [6.45, 7) is 2.24. The highest BCUT2D eigenvalue weighted by Gasteiger charge is 2.37. The van der Waals surface area contributed by atoms with Gasteiger partial charge in [-0.25, -0.2) is 0 Å². The lowest BCUT2D eigenvalue weighted by molar-refractivity contribution is 0.563. The third-order valence-electron chi connectivity index (χ3n) is 3.87. The zero-order chi connectivity index (χ0) is 16.3. The summed E-state index contributed by atoms with van der Waals surface area (Å²) in [5.74, 6) is 0.856. The van der Waals surface area contributed by atoms with E-state index in [0.29, 0.717) is 0 Å². The summed E-state index contributed by atoms with van der Waals surface area (Å²) in [4.78, 5) is 0. The molecule has 0 radical (unpaired) electrons. The highest BCUT2D eigenvalue weighted by Crippen LogP contribution is 2.34. The van der Waals surface area contributed by atoms with Crippen LogP contribution in [0.1, 0.15) is 0 Å². The Kier molecular flexibility index (Phi) is 5.04. The van der Waals surface area contributed by atoms with Gasteiger partial charge in [0.1, 0.15) is 5.75 Å². The molecule has 0 aliphatic heterocycles. The van der Waals surface area contributed by atoms with Gasteiger partial charge in [0.05, 0.1) is 8.95 Å². The van der Waals surface area contributed by atoms with Crippen molar-refractivity contribution in [2.75, 3.05) is 0 Å². The van der Waals surface area contributed by atoms with Crippen molar-refractivity contribution < 1.29 is 4.43 Å². The fourth-order valence-electron chi connectivity index (χ4n) is 2.58. The standard InChI is InChI=1S/C19H16Br2OSi/c1-23(15-9-4-2-5-10-15,16-11-6-3-7-12-16)22-19-17(20)13-8-14-18(19)21/h2-14H,1H3. The average Bonchev–Trinajstić information content (AvgIpc) is 2.60. The lowest BCUT2D eigenvalue weighted by Gasteiger charge is -2.30. The van der Waals surface area contributed by atoms with Crippen LogP contribution in [0.25, 0.3) is 0 Å². The van der Waals surface area contributed by atoms with Gasteiger partial charge in [-0.05, 0) is 60.9 Å². The molecule has 4 heteroatoms. The van der Waals surface area contributed by atoms with Crippen molar-refractivity contribution in [1.82, 2.24) is 0 Å². The highest BCUT2D eigenvalue weighted by molar-refractivity contribution is 9.11. The zero-order valence-electron chi connectivity index (χ0n) is 12.7. The first-order chi connectivity index (χ1) is 11.1. The van der Waals surface area contributed by atoms with Crippen LogP contribution in [0.4, 0.5) is 0 Å². The Balaban J connectivity index is 2.14. The van der Waals surface area contributed by atoms with Crippen LogP contribution in [-0.4, -0.2) is 8.32 Å². The Hall–Kier alpha value is -1.36. The molecular weight excluding hydrogens is 432 g/mol. The Morgan fingerprint density at radius 3 is 1.52 bits per heavy atom. The van der Waals surface area contributed by atoms with Crippen LogP contribution in [-0.2, 0) is 0 Å². The molecule has 0 heterocycles. The molecule has 3 aromatic rings. The van der Waals surface area contributed by atoms with Crippen LogP contribution in [0, 0.1) is 0 Å². The first-order valence-corrected chi connectivity index (χ1v) is 11.3. The summed E-state index contributed by atoms with van der Waals surface area (Å²) in [5, 5.41) is 2.49. The number of para-hydroxylation sites is 1. The van der Waals surface area contributed by atoms with E-state index < -0.39 is 8.32 Å². The van der Waals surface area contributed by atoms with Crippen LogP contribution in [0.5, 0.6) is 5.75 Å². The zero-order valence-corrected chi connectivity index (χ0v) is 16.8. The van der Waals surface area contributed by atoms with Crippen LogP contribution in [0.3, 0.4) is 0 Å². The van der Waals surface area contributed by atoms with Gasteiger partial charge in [-0.15, -0.1) is 0 Å². The Bertz CT molecular complexity index is 731. The van der Waals surface area contributed by atoms with Crippen LogP contribution in [0.15, 0.2) is 87.8 Å². The number of rotatable bonds is 4. The minimum atomic E-state index is -2.37. The fraction of sp³-hybridized carbons (Fsp3) is 0.0526. The minimum absolute atomic E-state index is 0.856. The maximum atomic E-state index is 6.68. The summed E-state index contributed by atoms with van der Waals surface area (Å²) in [6, 6.07) is 27.0. The molecule has 3 aromatic carbocycles. The van der Waals surface area contributed by atoms with Crippen molar-refractivity contribution in [3.8, 4) is 5.75 Å². The summed E-state index contributed by atoms with van der Waals surface area (Å²) in [6.07, 6.45) is 0. The van der Waals surface area contributed by atoms with E-state index in [9.17, 15) is 0 Å². The second kappa shape index (κ2) is 7.03. The molecule has 1 nitrogen and oxygen atoms in total. The first-order valence-electron chi connectivity index (χ1n) is 7.35. The van der Waals surface area contributed by atoms with Crippen molar-refractivity contribution in [2.24, 2.45) is 0 Å². The Morgan fingerprint density at radius 2 is 1.09 bits per heavy atom. The third-order valence-corrected chi connectivity index (χ3v) is 8.61. The van der Waals surface area contributed by atoms with Gasteiger partial charge in [0.15, 0.2) is 0 Å². The van der Waals surface area contributed by atoms with Crippen molar-refractivity contribution in [2.45, 2.75) is 6.55 Å². The average molecular weight is 448 g/mol. The molecule has 0 amide bonds. The molecule has 0 fully saturated rings. The molecule has 0 N–H and O–H groups in total. The van der Waals surface area contributed by atoms with E-state index in [1.807, 2.05) is 30.3 Å². The normalized spacial score (nSPS) is 11.3. The SMILES string of the molecule is C[Si](Oc1c(Br)cccc1Br)(c1ccccc1)c1ccccc1. The van der Waals surface area contributed by atoms with Gasteiger partial charge >= 0.3 is 8.32 Å². The van der Waals surface area contributed by atoms with Crippen molar-refractivity contribution in [3.63, 3.8) is 0 Å². The van der Waals surface area contributed by atoms with E-state index >= 15 is 0 Å². The predicted molar refractivity (Wildman–Crippen MR) is 106 cm³/mol. The predicted octanol–water partition coefficient (Wildman–Crippen LogP) is 4.98. The monoisotopic (exact) mass is 446 g/mol. The van der Waals surface area contributed by atoms with Gasteiger partial charge in [-0.1, -0.05) is 66.7 Å². The number of hydrogen-bond donors (Lipinski definition) is 0. The first kappa shape index (κ1) is 16.5. The molecule has 0 saturated heterocycles. The fourth-order valence-corrected chi connectivity index (χ4v) is 6.89. The summed E-state index contributed by atoms with van der Waals surface area (Å²) in [5.41, 5.74) is 0. The quantitative estimate of drug-likeness (QED) is 0.512. The molecule has 0 spiro atoms. The topological polar surface area (TPSA) is 9.23 Å². The van der Waals surface area contributed by atoms with E-state index in [1.54, 1.807) is 0 Å². The molecule has 23 heavy (non-hydrogen) atoms. The van der Waals surface area contributed by atoms with Crippen LogP contribution >= 0.6 is 31.9 Å². The molecule has 0 aliphatic rings. The van der Waals surface area contributed by atoms with Crippen molar-refractivity contribution >= 4 is 50.6 Å². The summed E-state index contributed by atoms with van der Waals surface area (Å²) in [7, 11) is -2.37. The summed E-state index contributed by atoms with van der Waals surface area (Å²) >= 11 is 7.22. The second-order valence-corrected chi connectivity index (χ2v) is 10.6. The van der Waals surface area contributed by atoms with Gasteiger partial charge in [0, 0.05) is 0 Å². The highest BCUT2D eigenvalue weighted by atomic mass is 79.9. The van der Waals surface area contributed by atoms with Crippen molar-refractivity contribution in [3.05, 3.63) is 87.8 Å². The van der Waals surface area contributed by atoms with Gasteiger partial charge in [0.25, 0.3) is 0 Å². The maximum Gasteiger partial charge on any atom is 0.311 e. The smallest absolute Gasteiger partial charge is 0.311 e. The summed E-state index contributed by atoms with van der Waals surface area (Å²) < 4.78 is 8.59. The van der Waals surface area contributed by atoms with Crippen LogP contribution in [0.2, 0.25) is 6.55 Å². The molecule has 3 rings (SSSR count). The molecule has 0 bridgehead atoms. The maximum absolute atomic E-state index is 6.68.